The van der Waals surface area contributed by atoms with Gasteiger partial charge in [0, 0.05) is 11.5 Å². The minimum Gasteiger partial charge on any atom is -0.183 e. The molecule has 1 nitrogen and oxygen atoms in total. The van der Waals surface area contributed by atoms with Gasteiger partial charge >= 0.3 is 0 Å². The van der Waals surface area contributed by atoms with Crippen LogP contribution in [0.4, 0.5) is 0 Å². The highest BCUT2D eigenvalue weighted by Gasteiger charge is 2.04. The van der Waals surface area contributed by atoms with Crippen LogP contribution in [0, 0.1) is 50.9 Å². The number of rotatable bonds is 0. The van der Waals surface area contributed by atoms with E-state index in [9.17, 15) is 0 Å². The number of nitrogens with zero attached hydrogens (tertiary/aromatic N) is 1. The van der Waals surface area contributed by atoms with Crippen molar-refractivity contribution >= 4 is 0 Å². The first kappa shape index (κ1) is 10.4. The van der Waals surface area contributed by atoms with Gasteiger partial charge in [0.25, 0.3) is 0 Å². The predicted molar refractivity (Wildman–Crippen MR) is 57.9 cm³/mol. The topological polar surface area (TPSA) is 23.8 Å². The molecule has 14 heavy (non-hydrogen) atoms. The Morgan fingerprint density at radius 1 is 1.00 bits per heavy atom. The van der Waals surface area contributed by atoms with E-state index >= 15 is 0 Å². The smallest absolute Gasteiger partial charge is 0.152 e. The number of benzene rings is 1. The molecule has 1 aromatic rings. The lowest BCUT2D eigenvalue weighted by atomic mass is 9.95. The summed E-state index contributed by atoms with van der Waals surface area (Å²) in [5, 5.41) is 8.39. The highest BCUT2D eigenvalue weighted by molar-refractivity contribution is 5.51. The summed E-state index contributed by atoms with van der Waals surface area (Å²) >= 11 is 0. The lowest BCUT2D eigenvalue weighted by Gasteiger charge is -2.10. The molecule has 0 aliphatic rings. The van der Waals surface area contributed by atoms with E-state index < -0.39 is 0 Å². The molecule has 0 amide bonds. The van der Waals surface area contributed by atoms with Crippen molar-refractivity contribution in [3.63, 3.8) is 0 Å². The third kappa shape index (κ3) is 1.78. The molecule has 0 aliphatic heterocycles. The summed E-state index contributed by atoms with van der Waals surface area (Å²) in [6.07, 6.45) is 0. The molecule has 0 spiro atoms. The Hall–Kier alpha value is -1.73. The van der Waals surface area contributed by atoms with Crippen molar-refractivity contribution in [2.45, 2.75) is 27.7 Å². The highest BCUT2D eigenvalue weighted by atomic mass is 14.2. The quantitative estimate of drug-likeness (QED) is 0.567. The van der Waals surface area contributed by atoms with Crippen LogP contribution in [0.2, 0.25) is 0 Å². The average molecular weight is 183 g/mol. The normalized spacial score (nSPS) is 8.79. The zero-order valence-electron chi connectivity index (χ0n) is 9.02. The van der Waals surface area contributed by atoms with E-state index in [-0.39, 0.29) is 0 Å². The zero-order valence-corrected chi connectivity index (χ0v) is 9.02. The van der Waals surface area contributed by atoms with E-state index in [4.69, 9.17) is 5.26 Å². The molecule has 0 heterocycles. The van der Waals surface area contributed by atoms with Crippen molar-refractivity contribution in [2.24, 2.45) is 0 Å². The van der Waals surface area contributed by atoms with Gasteiger partial charge in [-0.05, 0) is 56.0 Å². The second kappa shape index (κ2) is 3.99. The van der Waals surface area contributed by atoms with Crippen LogP contribution in [0.25, 0.3) is 0 Å². The molecule has 0 fully saturated rings. The summed E-state index contributed by atoms with van der Waals surface area (Å²) in [5.74, 6) is 5.30. The molecule has 0 saturated heterocycles. The van der Waals surface area contributed by atoms with E-state index in [0.717, 1.165) is 5.56 Å². The first-order chi connectivity index (χ1) is 6.57. The Balaban J connectivity index is 3.42. The van der Waals surface area contributed by atoms with Crippen LogP contribution in [0.3, 0.4) is 0 Å². The fraction of sp³-hybridized carbons (Fsp3) is 0.308. The largest absolute Gasteiger partial charge is 0.183 e. The van der Waals surface area contributed by atoms with Crippen molar-refractivity contribution in [1.29, 1.82) is 5.26 Å². The van der Waals surface area contributed by atoms with Crippen LogP contribution >= 0.6 is 0 Å². The minimum atomic E-state index is 0.965. The van der Waals surface area contributed by atoms with Gasteiger partial charge in [-0.3, -0.25) is 0 Å². The van der Waals surface area contributed by atoms with Crippen molar-refractivity contribution in [2.75, 3.05) is 0 Å². The molecule has 0 aliphatic carbocycles. The predicted octanol–water partition coefficient (Wildman–Crippen LogP) is 2.80. The van der Waals surface area contributed by atoms with Crippen molar-refractivity contribution in [1.82, 2.24) is 0 Å². The molecule has 70 valence electrons. The molecule has 1 heteroatoms. The van der Waals surface area contributed by atoms with Crippen molar-refractivity contribution < 1.29 is 0 Å². The first-order valence-electron chi connectivity index (χ1n) is 4.55. The molecule has 0 saturated carbocycles. The first-order valence-corrected chi connectivity index (χ1v) is 4.55. The number of nitriles is 1. The Morgan fingerprint density at radius 3 is 2.21 bits per heavy atom. The van der Waals surface area contributed by atoms with Crippen LogP contribution in [-0.2, 0) is 0 Å². The summed E-state index contributed by atoms with van der Waals surface area (Å²) in [6, 6.07) is 3.88. The van der Waals surface area contributed by atoms with Crippen LogP contribution in [0.5, 0.6) is 0 Å². The maximum atomic E-state index is 8.39. The second-order valence-corrected chi connectivity index (χ2v) is 3.48. The molecule has 1 aromatic carbocycles. The van der Waals surface area contributed by atoms with Crippen molar-refractivity contribution in [3.8, 4) is 17.9 Å². The molecular formula is C13H13N. The van der Waals surface area contributed by atoms with Crippen LogP contribution in [-0.4, -0.2) is 0 Å². The van der Waals surface area contributed by atoms with Gasteiger partial charge in [-0.15, -0.1) is 0 Å². The Bertz CT molecular complexity index is 465. The molecule has 0 unspecified atom stereocenters. The van der Waals surface area contributed by atoms with Gasteiger partial charge in [-0.1, -0.05) is 5.92 Å². The minimum absolute atomic E-state index is 0.965. The second-order valence-electron chi connectivity index (χ2n) is 3.48. The van der Waals surface area contributed by atoms with E-state index in [1.54, 1.807) is 0 Å². The maximum Gasteiger partial charge on any atom is 0.152 e. The zero-order chi connectivity index (χ0) is 10.7. The molecule has 1 rings (SSSR count). The molecule has 0 atom stereocenters. The molecule has 0 N–H and O–H groups in total. The Labute approximate surface area is 85.4 Å². The summed E-state index contributed by atoms with van der Waals surface area (Å²) in [7, 11) is 0. The highest BCUT2D eigenvalue weighted by Crippen LogP contribution is 2.20. The summed E-state index contributed by atoms with van der Waals surface area (Å²) in [4.78, 5) is 0. The average Bonchev–Trinajstić information content (AvgIpc) is 2.18. The molecular weight excluding hydrogens is 170 g/mol. The van der Waals surface area contributed by atoms with E-state index in [0.29, 0.717) is 0 Å². The fourth-order valence-corrected chi connectivity index (χ4v) is 1.44. The molecule has 0 bridgehead atoms. The van der Waals surface area contributed by atoms with Gasteiger partial charge in [0.1, 0.15) is 0 Å². The lowest BCUT2D eigenvalue weighted by molar-refractivity contribution is 1.20. The van der Waals surface area contributed by atoms with E-state index in [1.807, 2.05) is 19.1 Å². The van der Waals surface area contributed by atoms with Gasteiger partial charge in [-0.2, -0.15) is 5.26 Å². The summed E-state index contributed by atoms with van der Waals surface area (Å²) in [6.45, 7) is 8.32. The van der Waals surface area contributed by atoms with E-state index in [1.165, 1.54) is 22.3 Å². The molecule has 0 aromatic heterocycles. The van der Waals surface area contributed by atoms with Crippen LogP contribution < -0.4 is 0 Å². The maximum absolute atomic E-state index is 8.39. The van der Waals surface area contributed by atoms with Crippen LogP contribution in [0.15, 0.2) is 6.07 Å². The van der Waals surface area contributed by atoms with Crippen LogP contribution in [0.1, 0.15) is 27.8 Å². The fourth-order valence-electron chi connectivity index (χ4n) is 1.44. The Kier molecular flexibility index (Phi) is 2.95. The lowest BCUT2D eigenvalue weighted by Crippen LogP contribution is -1.94. The molecule has 0 radical (unpaired) electrons. The number of hydrogen-bond acceptors (Lipinski definition) is 1. The van der Waals surface area contributed by atoms with Gasteiger partial charge < -0.3 is 0 Å². The van der Waals surface area contributed by atoms with Gasteiger partial charge in [0.05, 0.1) is 0 Å². The van der Waals surface area contributed by atoms with Gasteiger partial charge in [0.15, 0.2) is 6.07 Å². The SMILES string of the molecule is Cc1cc(C#CC#N)c(C)c(C)c1C. The number of aryl methyl sites for hydroxylation is 1. The standard InChI is InChI=1S/C13H13N/c1-9-8-13(6-5-7-14)12(4)11(3)10(9)2/h8H,1-4H3. The van der Waals surface area contributed by atoms with Gasteiger partial charge in [-0.25, -0.2) is 0 Å². The third-order valence-electron chi connectivity index (χ3n) is 2.73. The summed E-state index contributed by atoms with van der Waals surface area (Å²) < 4.78 is 0. The van der Waals surface area contributed by atoms with Gasteiger partial charge in [0.2, 0.25) is 0 Å². The Morgan fingerprint density at radius 2 is 1.64 bits per heavy atom. The van der Waals surface area contributed by atoms with Crippen molar-refractivity contribution in [3.05, 3.63) is 33.9 Å². The van der Waals surface area contributed by atoms with E-state index in [2.05, 4.69) is 32.6 Å². The monoisotopic (exact) mass is 183 g/mol. The summed E-state index contributed by atoms with van der Waals surface area (Å²) in [5.41, 5.74) is 5.95. The third-order valence-corrected chi connectivity index (χ3v) is 2.73. The number of hydrogen-bond donors (Lipinski definition) is 0.